The molecule has 2 amide bonds. The van der Waals surface area contributed by atoms with Crippen LogP contribution in [-0.4, -0.2) is 82.5 Å². The third-order valence-corrected chi connectivity index (χ3v) is 9.39. The van der Waals surface area contributed by atoms with Crippen LogP contribution in [0.2, 0.25) is 0 Å². The number of fused-ring (bicyclic) bond motifs is 1. The first-order chi connectivity index (χ1) is 20.0. The van der Waals surface area contributed by atoms with Gasteiger partial charge in [-0.15, -0.1) is 0 Å². The molecule has 0 saturated carbocycles. The van der Waals surface area contributed by atoms with Crippen LogP contribution in [0.4, 0.5) is 0 Å². The maximum atomic E-state index is 13.5. The smallest absolute Gasteiger partial charge is 0.300 e. The molecule has 4 aliphatic heterocycles. The number of hydrogen-bond donors (Lipinski definition) is 1. The van der Waals surface area contributed by atoms with Crippen LogP contribution in [0.5, 0.6) is 5.75 Å². The Labute approximate surface area is 249 Å². The maximum absolute atomic E-state index is 13.5. The lowest BCUT2D eigenvalue weighted by Gasteiger charge is -2.47. The molecule has 4 aliphatic rings. The third kappa shape index (κ3) is 6.97. The third-order valence-electron chi connectivity index (χ3n) is 9.39. The molecule has 0 aliphatic carbocycles. The van der Waals surface area contributed by atoms with Crippen molar-refractivity contribution >= 4 is 17.8 Å². The summed E-state index contributed by atoms with van der Waals surface area (Å²) < 4.78 is 6.31. The maximum Gasteiger partial charge on any atom is 0.300 e. The van der Waals surface area contributed by atoms with Gasteiger partial charge in [0.15, 0.2) is 0 Å². The van der Waals surface area contributed by atoms with Crippen LogP contribution in [-0.2, 0) is 29.0 Å². The lowest BCUT2D eigenvalue weighted by Crippen LogP contribution is -2.48. The van der Waals surface area contributed by atoms with Gasteiger partial charge in [0.05, 0.1) is 6.42 Å². The molecule has 2 aromatic rings. The minimum atomic E-state index is -0.833. The van der Waals surface area contributed by atoms with Crippen molar-refractivity contribution in [1.29, 1.82) is 0 Å². The molecular weight excluding hydrogens is 530 g/mol. The Morgan fingerprint density at radius 2 is 1.45 bits per heavy atom. The molecule has 0 unspecified atom stereocenters. The first kappa shape index (κ1) is 30.1. The quantitative estimate of drug-likeness (QED) is 0.552. The van der Waals surface area contributed by atoms with Crippen molar-refractivity contribution in [3.05, 3.63) is 64.7 Å². The van der Waals surface area contributed by atoms with Crippen molar-refractivity contribution in [1.82, 2.24) is 14.7 Å². The van der Waals surface area contributed by atoms with E-state index in [1.807, 2.05) is 34.1 Å². The van der Waals surface area contributed by atoms with E-state index in [4.69, 9.17) is 14.6 Å². The van der Waals surface area contributed by atoms with E-state index in [0.717, 1.165) is 89.7 Å². The molecule has 6 rings (SSSR count). The number of carbonyl (C=O) groups excluding carboxylic acids is 2. The SMILES string of the molecule is CC(=O)O.CC1(C)Cc2cccc(CN3CCC4(CC3)CCN(C(=O)c3ccccc3CC(=O)N3CCC3)CC4)c2O1. The van der Waals surface area contributed by atoms with E-state index in [-0.39, 0.29) is 17.4 Å². The summed E-state index contributed by atoms with van der Waals surface area (Å²) in [5.41, 5.74) is 4.45. The molecule has 1 N–H and O–H groups in total. The summed E-state index contributed by atoms with van der Waals surface area (Å²) in [4.78, 5) is 41.6. The number of carboxylic acid groups (broad SMARTS) is 1. The highest BCUT2D eigenvalue weighted by Gasteiger charge is 2.39. The van der Waals surface area contributed by atoms with Crippen molar-refractivity contribution in [2.45, 2.75) is 77.9 Å². The fraction of sp³-hybridized carbons (Fsp3) is 0.559. The van der Waals surface area contributed by atoms with Gasteiger partial charge >= 0.3 is 0 Å². The number of benzene rings is 2. The van der Waals surface area contributed by atoms with Gasteiger partial charge in [-0.05, 0) is 81.6 Å². The van der Waals surface area contributed by atoms with E-state index in [9.17, 15) is 9.59 Å². The van der Waals surface area contributed by atoms with Crippen molar-refractivity contribution < 1.29 is 24.2 Å². The van der Waals surface area contributed by atoms with Crippen molar-refractivity contribution in [3.8, 4) is 5.75 Å². The fourth-order valence-electron chi connectivity index (χ4n) is 6.81. The number of para-hydroxylation sites is 1. The van der Waals surface area contributed by atoms with Crippen LogP contribution in [0.1, 0.15) is 79.9 Å². The molecule has 1 spiro atoms. The fourth-order valence-corrected chi connectivity index (χ4v) is 6.81. The standard InChI is InChI=1S/C32H41N3O3.C2H4O2/c1-31(2)22-25-8-5-9-26(29(25)38-31)23-33-17-11-32(12-18-33)13-19-35(20-14-32)30(37)27-10-4-3-7-24(27)21-28(36)34-15-6-16-34;1-2(3)4/h3-5,7-10H,6,11-23H2,1-2H3;1H3,(H,3,4). The number of hydrogen-bond acceptors (Lipinski definition) is 5. The lowest BCUT2D eigenvalue weighted by molar-refractivity contribution is -0.135. The number of piperidine rings is 2. The minimum absolute atomic E-state index is 0.0881. The van der Waals surface area contributed by atoms with Crippen LogP contribution >= 0.6 is 0 Å². The summed E-state index contributed by atoms with van der Waals surface area (Å²) in [6.07, 6.45) is 6.91. The molecule has 8 heteroatoms. The monoisotopic (exact) mass is 575 g/mol. The zero-order valence-corrected chi connectivity index (χ0v) is 25.4. The molecule has 0 atom stereocenters. The number of ether oxygens (including phenoxy) is 1. The van der Waals surface area contributed by atoms with Gasteiger partial charge in [0.1, 0.15) is 11.4 Å². The van der Waals surface area contributed by atoms with Crippen molar-refractivity contribution in [2.75, 3.05) is 39.3 Å². The summed E-state index contributed by atoms with van der Waals surface area (Å²) in [7, 11) is 0. The second-order valence-corrected chi connectivity index (χ2v) is 13.1. The molecule has 0 radical (unpaired) electrons. The molecule has 4 heterocycles. The second-order valence-electron chi connectivity index (χ2n) is 13.1. The normalized spacial score (nSPS) is 20.5. The highest BCUT2D eigenvalue weighted by molar-refractivity contribution is 5.97. The number of rotatable bonds is 5. The summed E-state index contributed by atoms with van der Waals surface area (Å²) in [6, 6.07) is 14.3. The molecule has 42 heavy (non-hydrogen) atoms. The average molecular weight is 576 g/mol. The summed E-state index contributed by atoms with van der Waals surface area (Å²) >= 11 is 0. The zero-order valence-electron chi connectivity index (χ0n) is 25.4. The summed E-state index contributed by atoms with van der Waals surface area (Å²) in [5, 5.41) is 7.42. The van der Waals surface area contributed by atoms with E-state index < -0.39 is 5.97 Å². The van der Waals surface area contributed by atoms with E-state index >= 15 is 0 Å². The second kappa shape index (κ2) is 12.5. The number of likely N-dealkylation sites (tertiary alicyclic amines) is 3. The molecule has 8 nitrogen and oxygen atoms in total. The minimum Gasteiger partial charge on any atom is -0.487 e. The van der Waals surface area contributed by atoms with Gasteiger partial charge in [0.2, 0.25) is 5.91 Å². The van der Waals surface area contributed by atoms with Gasteiger partial charge in [0.25, 0.3) is 11.9 Å². The predicted molar refractivity (Wildman–Crippen MR) is 162 cm³/mol. The number of nitrogens with zero attached hydrogens (tertiary/aromatic N) is 3. The average Bonchev–Trinajstić information content (AvgIpc) is 3.24. The number of carbonyl (C=O) groups is 3. The van der Waals surface area contributed by atoms with Gasteiger partial charge in [-0.2, -0.15) is 0 Å². The Hall–Kier alpha value is -3.39. The lowest BCUT2D eigenvalue weighted by atomic mass is 9.71. The predicted octanol–water partition coefficient (Wildman–Crippen LogP) is 4.78. The molecule has 226 valence electrons. The summed E-state index contributed by atoms with van der Waals surface area (Å²) in [6.45, 7) is 11.9. The van der Waals surface area contributed by atoms with Crippen molar-refractivity contribution in [3.63, 3.8) is 0 Å². The highest BCUT2D eigenvalue weighted by Crippen LogP contribution is 2.43. The first-order valence-electron chi connectivity index (χ1n) is 15.4. The molecule has 0 bridgehead atoms. The summed E-state index contributed by atoms with van der Waals surface area (Å²) in [5.74, 6) is 0.498. The van der Waals surface area contributed by atoms with E-state index in [1.54, 1.807) is 0 Å². The Morgan fingerprint density at radius 1 is 0.833 bits per heavy atom. The Kier molecular flexibility index (Phi) is 8.92. The van der Waals surface area contributed by atoms with E-state index in [1.165, 1.54) is 24.0 Å². The molecular formula is C34H45N3O5. The topological polar surface area (TPSA) is 90.4 Å². The number of carboxylic acids is 1. The van der Waals surface area contributed by atoms with Crippen LogP contribution in [0.3, 0.4) is 0 Å². The van der Waals surface area contributed by atoms with E-state index in [0.29, 0.717) is 17.4 Å². The van der Waals surface area contributed by atoms with Crippen LogP contribution < -0.4 is 4.74 Å². The highest BCUT2D eigenvalue weighted by atomic mass is 16.5. The van der Waals surface area contributed by atoms with Gasteiger partial charge < -0.3 is 19.6 Å². The Morgan fingerprint density at radius 3 is 2.10 bits per heavy atom. The number of aliphatic carboxylic acids is 1. The molecule has 3 saturated heterocycles. The van der Waals surface area contributed by atoms with Gasteiger partial charge in [0, 0.05) is 57.2 Å². The van der Waals surface area contributed by atoms with Crippen molar-refractivity contribution in [2.24, 2.45) is 5.41 Å². The molecule has 0 aromatic heterocycles. The largest absolute Gasteiger partial charge is 0.487 e. The van der Waals surface area contributed by atoms with Gasteiger partial charge in [-0.1, -0.05) is 36.4 Å². The van der Waals surface area contributed by atoms with Gasteiger partial charge in [-0.25, -0.2) is 0 Å². The molecule has 3 fully saturated rings. The zero-order chi connectivity index (χ0) is 29.9. The first-order valence-corrected chi connectivity index (χ1v) is 15.4. The van der Waals surface area contributed by atoms with E-state index in [2.05, 4.69) is 36.9 Å². The van der Waals surface area contributed by atoms with Crippen LogP contribution in [0.15, 0.2) is 42.5 Å². The van der Waals surface area contributed by atoms with Crippen LogP contribution in [0, 0.1) is 5.41 Å². The number of amides is 2. The van der Waals surface area contributed by atoms with Gasteiger partial charge in [-0.3, -0.25) is 19.3 Å². The van der Waals surface area contributed by atoms with Crippen LogP contribution in [0.25, 0.3) is 0 Å². The Bertz CT molecular complexity index is 1300. The Balaban J connectivity index is 0.000000830. The molecule has 2 aromatic carbocycles.